The molecule has 2 unspecified atom stereocenters. The van der Waals surface area contributed by atoms with Gasteiger partial charge in [0.1, 0.15) is 23.4 Å². The molecule has 3 rings (SSSR count). The first-order valence-electron chi connectivity index (χ1n) is 14.2. The lowest BCUT2D eigenvalue weighted by molar-refractivity contribution is -0.148. The summed E-state index contributed by atoms with van der Waals surface area (Å²) in [4.78, 5) is 43.0. The second-order valence-electron chi connectivity index (χ2n) is 12.6. The second-order valence-corrected chi connectivity index (χ2v) is 12.6. The van der Waals surface area contributed by atoms with Gasteiger partial charge in [-0.3, -0.25) is 9.59 Å². The molecular weight excluding hydrogens is 506 g/mol. The molecule has 1 aliphatic carbocycles. The van der Waals surface area contributed by atoms with Crippen molar-refractivity contribution in [1.29, 1.82) is 0 Å². The van der Waals surface area contributed by atoms with Crippen molar-refractivity contribution in [3.05, 3.63) is 65.7 Å². The van der Waals surface area contributed by atoms with Crippen LogP contribution in [-0.4, -0.2) is 51.1 Å². The third-order valence-electron chi connectivity index (χ3n) is 6.90. The molecular formula is C32H45N3O5. The van der Waals surface area contributed by atoms with Gasteiger partial charge in [-0.1, -0.05) is 61.7 Å². The summed E-state index contributed by atoms with van der Waals surface area (Å²) in [6.45, 7) is 10.9. The number of hydrogen-bond acceptors (Lipinski definition) is 5. The maximum Gasteiger partial charge on any atom is 0.408 e. The fraction of sp³-hybridized carbons (Fsp3) is 0.531. The van der Waals surface area contributed by atoms with Crippen molar-refractivity contribution in [2.75, 3.05) is 0 Å². The van der Waals surface area contributed by atoms with Gasteiger partial charge >= 0.3 is 6.09 Å². The third kappa shape index (κ3) is 9.00. The molecule has 2 aromatic rings. The summed E-state index contributed by atoms with van der Waals surface area (Å²) in [7, 11) is 0. The number of phenols is 1. The molecule has 0 radical (unpaired) electrons. The molecule has 1 saturated carbocycles. The average Bonchev–Trinajstić information content (AvgIpc) is 2.87. The van der Waals surface area contributed by atoms with Gasteiger partial charge in [0, 0.05) is 18.0 Å². The number of nitrogens with one attached hydrogen (secondary N) is 2. The topological polar surface area (TPSA) is 108 Å². The highest BCUT2D eigenvalue weighted by molar-refractivity contribution is 5.93. The number of alkyl carbamates (subject to hydrolysis) is 1. The van der Waals surface area contributed by atoms with E-state index < -0.39 is 35.2 Å². The zero-order chi connectivity index (χ0) is 29.5. The molecule has 0 saturated heterocycles. The lowest BCUT2D eigenvalue weighted by Crippen LogP contribution is -2.59. The molecule has 3 amide bonds. The Hall–Kier alpha value is -3.55. The largest absolute Gasteiger partial charge is 0.508 e. The van der Waals surface area contributed by atoms with Crippen LogP contribution in [0.3, 0.4) is 0 Å². The van der Waals surface area contributed by atoms with E-state index in [1.807, 2.05) is 51.1 Å². The number of nitrogens with zero attached hydrogens (tertiary/aromatic N) is 1. The molecule has 1 fully saturated rings. The molecule has 40 heavy (non-hydrogen) atoms. The number of carbonyl (C=O) groups excluding carboxylic acids is 3. The average molecular weight is 552 g/mol. The summed E-state index contributed by atoms with van der Waals surface area (Å²) in [6.07, 6.45) is 4.56. The van der Waals surface area contributed by atoms with Gasteiger partial charge in [-0.25, -0.2) is 4.79 Å². The Bertz CT molecular complexity index is 1130. The lowest BCUT2D eigenvalue weighted by atomic mass is 9.92. The van der Waals surface area contributed by atoms with Crippen LogP contribution < -0.4 is 10.6 Å². The molecule has 3 N–H and O–H groups in total. The number of ether oxygens (including phenoxy) is 1. The first kappa shape index (κ1) is 31.0. The number of hydrogen-bond donors (Lipinski definition) is 3. The highest BCUT2D eigenvalue weighted by Gasteiger charge is 2.42. The molecule has 0 heterocycles. The van der Waals surface area contributed by atoms with Gasteiger partial charge in [-0.2, -0.15) is 0 Å². The van der Waals surface area contributed by atoms with Gasteiger partial charge in [0.15, 0.2) is 0 Å². The number of amides is 3. The van der Waals surface area contributed by atoms with Crippen LogP contribution in [-0.2, 0) is 20.7 Å². The summed E-state index contributed by atoms with van der Waals surface area (Å²) in [5.74, 6) is -0.535. The summed E-state index contributed by atoms with van der Waals surface area (Å²) in [5, 5.41) is 15.7. The van der Waals surface area contributed by atoms with E-state index in [0.717, 1.165) is 37.7 Å². The normalized spacial score (nSPS) is 15.9. The maximum atomic E-state index is 14.5. The predicted molar refractivity (Wildman–Crippen MR) is 156 cm³/mol. The highest BCUT2D eigenvalue weighted by Crippen LogP contribution is 2.31. The van der Waals surface area contributed by atoms with Crippen molar-refractivity contribution in [2.45, 2.75) is 109 Å². The van der Waals surface area contributed by atoms with E-state index in [9.17, 15) is 19.5 Å². The minimum atomic E-state index is -1.02. The molecule has 0 bridgehead atoms. The van der Waals surface area contributed by atoms with E-state index in [1.54, 1.807) is 37.8 Å². The van der Waals surface area contributed by atoms with E-state index in [1.165, 1.54) is 12.1 Å². The summed E-state index contributed by atoms with van der Waals surface area (Å²) < 4.78 is 5.49. The summed E-state index contributed by atoms with van der Waals surface area (Å²) >= 11 is 0. The number of carbonyl (C=O) groups is 3. The smallest absolute Gasteiger partial charge is 0.408 e. The minimum absolute atomic E-state index is 0.0667. The predicted octanol–water partition coefficient (Wildman–Crippen LogP) is 5.65. The third-order valence-corrected chi connectivity index (χ3v) is 6.90. The van der Waals surface area contributed by atoms with E-state index in [0.29, 0.717) is 5.56 Å². The summed E-state index contributed by atoms with van der Waals surface area (Å²) in [6, 6.07) is 13.9. The second kappa shape index (κ2) is 13.2. The van der Waals surface area contributed by atoms with Gasteiger partial charge in [0.25, 0.3) is 0 Å². The van der Waals surface area contributed by atoms with Crippen LogP contribution >= 0.6 is 0 Å². The van der Waals surface area contributed by atoms with E-state index in [4.69, 9.17) is 4.74 Å². The molecule has 2 atom stereocenters. The van der Waals surface area contributed by atoms with Gasteiger partial charge in [0.2, 0.25) is 11.8 Å². The molecule has 8 heteroatoms. The van der Waals surface area contributed by atoms with Gasteiger partial charge in [-0.05, 0) is 77.6 Å². The van der Waals surface area contributed by atoms with Gasteiger partial charge in [-0.15, -0.1) is 0 Å². The first-order valence-corrected chi connectivity index (χ1v) is 14.2. The number of rotatable bonds is 8. The Kier molecular flexibility index (Phi) is 10.2. The quantitative estimate of drug-likeness (QED) is 0.393. The Morgan fingerprint density at radius 3 is 2.08 bits per heavy atom. The molecule has 8 nitrogen and oxygen atoms in total. The van der Waals surface area contributed by atoms with Crippen molar-refractivity contribution < 1.29 is 24.2 Å². The van der Waals surface area contributed by atoms with E-state index in [2.05, 4.69) is 10.6 Å². The maximum absolute atomic E-state index is 14.5. The molecule has 0 spiro atoms. The number of benzene rings is 2. The van der Waals surface area contributed by atoms with Gasteiger partial charge < -0.3 is 25.4 Å². The first-order chi connectivity index (χ1) is 18.7. The molecule has 218 valence electrons. The SMILES string of the molecule is CC(C)(C)OC(=O)NC(Cc1ccc(O)cc1)C(=O)N(C(C(=O)NC1CCCCC1)c1ccccc1)C(C)(C)C. The molecule has 0 aliphatic heterocycles. The minimum Gasteiger partial charge on any atom is -0.508 e. The van der Waals surface area contributed by atoms with Crippen molar-refractivity contribution in [1.82, 2.24) is 15.5 Å². The fourth-order valence-electron chi connectivity index (χ4n) is 5.11. The van der Waals surface area contributed by atoms with E-state index in [-0.39, 0.29) is 24.1 Å². The van der Waals surface area contributed by atoms with Crippen molar-refractivity contribution >= 4 is 17.9 Å². The van der Waals surface area contributed by atoms with Crippen LogP contribution in [0.1, 0.15) is 90.8 Å². The van der Waals surface area contributed by atoms with E-state index >= 15 is 0 Å². The van der Waals surface area contributed by atoms with Crippen LogP contribution in [0.15, 0.2) is 54.6 Å². The highest BCUT2D eigenvalue weighted by atomic mass is 16.6. The molecule has 0 aromatic heterocycles. The van der Waals surface area contributed by atoms with Crippen molar-refractivity contribution in [2.24, 2.45) is 0 Å². The monoisotopic (exact) mass is 551 g/mol. The number of aromatic hydroxyl groups is 1. The Labute approximate surface area is 238 Å². The standard InChI is InChI=1S/C32H45N3O5/c1-31(2,3)35(27(23-13-9-7-10-14-23)28(37)33-24-15-11-8-12-16-24)29(38)26(34-30(39)40-32(4,5)6)21-22-17-19-25(36)20-18-22/h7,9-10,13-14,17-20,24,26-27,36H,8,11-12,15-16,21H2,1-6H3,(H,33,37)(H,34,39). The van der Waals surface area contributed by atoms with Crippen LogP contribution in [0.4, 0.5) is 4.79 Å². The zero-order valence-corrected chi connectivity index (χ0v) is 24.7. The van der Waals surface area contributed by atoms with Crippen molar-refractivity contribution in [3.8, 4) is 5.75 Å². The molecule has 1 aliphatic rings. The Morgan fingerprint density at radius 1 is 0.925 bits per heavy atom. The Morgan fingerprint density at radius 2 is 1.52 bits per heavy atom. The molecule has 2 aromatic carbocycles. The Balaban J connectivity index is 2.02. The van der Waals surface area contributed by atoms with Crippen molar-refractivity contribution in [3.63, 3.8) is 0 Å². The lowest BCUT2D eigenvalue weighted by Gasteiger charge is -2.43. The van der Waals surface area contributed by atoms with Crippen LogP contribution in [0.25, 0.3) is 0 Å². The summed E-state index contributed by atoms with van der Waals surface area (Å²) in [5.41, 5.74) is -0.0970. The van der Waals surface area contributed by atoms with Crippen LogP contribution in [0, 0.1) is 0 Å². The van der Waals surface area contributed by atoms with Crippen LogP contribution in [0.5, 0.6) is 5.75 Å². The zero-order valence-electron chi connectivity index (χ0n) is 24.7. The van der Waals surface area contributed by atoms with Crippen LogP contribution in [0.2, 0.25) is 0 Å². The number of phenolic OH excluding ortho intramolecular Hbond substituents is 1. The fourth-order valence-corrected chi connectivity index (χ4v) is 5.11. The van der Waals surface area contributed by atoms with Gasteiger partial charge in [0.05, 0.1) is 0 Å².